The normalized spacial score (nSPS) is 15.9. The van der Waals surface area contributed by atoms with Gasteiger partial charge in [-0.15, -0.1) is 0 Å². The van der Waals surface area contributed by atoms with Crippen molar-refractivity contribution in [1.29, 1.82) is 5.26 Å². The molecule has 3 nitrogen and oxygen atoms in total. The van der Waals surface area contributed by atoms with Crippen LogP contribution in [0.5, 0.6) is 0 Å². The smallest absolute Gasteiger partial charge is 0.104 e. The van der Waals surface area contributed by atoms with Crippen LogP contribution in [0.2, 0.25) is 0 Å². The van der Waals surface area contributed by atoms with Gasteiger partial charge in [0.2, 0.25) is 0 Å². The highest BCUT2D eigenvalue weighted by molar-refractivity contribution is 5.03. The Labute approximate surface area is 113 Å². The Hall–Kier alpha value is -0.590. The lowest BCUT2D eigenvalue weighted by Gasteiger charge is -2.19. The fourth-order valence-electron chi connectivity index (χ4n) is 1.93. The molecule has 0 radical (unpaired) electrons. The monoisotopic (exact) mass is 254 g/mol. The Morgan fingerprint density at radius 2 is 1.94 bits per heavy atom. The molecule has 2 unspecified atom stereocenters. The first-order chi connectivity index (χ1) is 8.58. The summed E-state index contributed by atoms with van der Waals surface area (Å²) in [5.74, 6) is 0. The van der Waals surface area contributed by atoms with Crippen molar-refractivity contribution in [2.75, 3.05) is 6.61 Å². The predicted molar refractivity (Wildman–Crippen MR) is 76.2 cm³/mol. The molecule has 0 rings (SSSR count). The molecule has 0 saturated carbocycles. The number of nitrogens with two attached hydrogens (primary N) is 1. The van der Waals surface area contributed by atoms with Gasteiger partial charge in [0.05, 0.1) is 12.2 Å². The minimum Gasteiger partial charge on any atom is -0.379 e. The van der Waals surface area contributed by atoms with Crippen molar-refractivity contribution in [2.45, 2.75) is 83.8 Å². The van der Waals surface area contributed by atoms with Crippen LogP contribution in [0, 0.1) is 11.3 Å². The maximum atomic E-state index is 8.94. The van der Waals surface area contributed by atoms with Crippen LogP contribution in [0.3, 0.4) is 0 Å². The average Bonchev–Trinajstić information content (AvgIpc) is 2.39. The van der Waals surface area contributed by atoms with Gasteiger partial charge in [-0.2, -0.15) is 5.26 Å². The third-order valence-corrected chi connectivity index (χ3v) is 3.49. The Morgan fingerprint density at radius 1 is 1.22 bits per heavy atom. The summed E-state index contributed by atoms with van der Waals surface area (Å²) < 4.78 is 5.74. The van der Waals surface area contributed by atoms with Gasteiger partial charge in [-0.3, -0.25) is 0 Å². The summed E-state index contributed by atoms with van der Waals surface area (Å²) in [5.41, 5.74) is 5.25. The molecule has 3 heteroatoms. The molecular weight excluding hydrogens is 224 g/mol. The number of hydrogen-bond donors (Lipinski definition) is 1. The molecular formula is C15H30N2O. The quantitative estimate of drug-likeness (QED) is 0.571. The molecule has 0 spiro atoms. The van der Waals surface area contributed by atoms with Crippen molar-refractivity contribution in [2.24, 2.45) is 5.73 Å². The molecule has 18 heavy (non-hydrogen) atoms. The summed E-state index contributed by atoms with van der Waals surface area (Å²) >= 11 is 0. The molecule has 0 aliphatic rings. The van der Waals surface area contributed by atoms with Crippen molar-refractivity contribution in [3.8, 4) is 6.07 Å². The fraction of sp³-hybridized carbons (Fsp3) is 0.933. The molecule has 0 aliphatic carbocycles. The van der Waals surface area contributed by atoms with E-state index in [1.807, 2.05) is 6.92 Å². The van der Waals surface area contributed by atoms with E-state index in [4.69, 9.17) is 15.7 Å². The predicted octanol–water partition coefficient (Wildman–Crippen LogP) is 3.77. The zero-order valence-corrected chi connectivity index (χ0v) is 12.4. The lowest BCUT2D eigenvalue weighted by Crippen LogP contribution is -2.37. The van der Waals surface area contributed by atoms with E-state index in [0.29, 0.717) is 12.5 Å². The summed E-state index contributed by atoms with van der Waals surface area (Å²) in [4.78, 5) is 0. The molecule has 0 saturated heterocycles. The maximum absolute atomic E-state index is 8.94. The molecule has 0 fully saturated rings. The first-order valence-electron chi connectivity index (χ1n) is 7.39. The van der Waals surface area contributed by atoms with Crippen LogP contribution < -0.4 is 5.73 Å². The van der Waals surface area contributed by atoms with Gasteiger partial charge in [0.15, 0.2) is 0 Å². The van der Waals surface area contributed by atoms with Gasteiger partial charge in [-0.05, 0) is 32.6 Å². The topological polar surface area (TPSA) is 59.0 Å². The third kappa shape index (κ3) is 8.49. The van der Waals surface area contributed by atoms with Crippen LogP contribution in [0.25, 0.3) is 0 Å². The molecule has 0 bridgehead atoms. The summed E-state index contributed by atoms with van der Waals surface area (Å²) in [6.07, 6.45) is 8.93. The van der Waals surface area contributed by atoms with Crippen molar-refractivity contribution in [3.05, 3.63) is 0 Å². The van der Waals surface area contributed by atoms with E-state index in [1.54, 1.807) is 0 Å². The second kappa shape index (κ2) is 10.3. The molecule has 0 aromatic carbocycles. The van der Waals surface area contributed by atoms with Gasteiger partial charge in [0, 0.05) is 6.61 Å². The highest BCUT2D eigenvalue weighted by Crippen LogP contribution is 2.14. The van der Waals surface area contributed by atoms with Crippen LogP contribution in [0.4, 0.5) is 0 Å². The first kappa shape index (κ1) is 17.4. The number of nitrogens with zero attached hydrogens (tertiary/aromatic N) is 1. The Kier molecular flexibility index (Phi) is 10.0. The van der Waals surface area contributed by atoms with Crippen molar-refractivity contribution in [1.82, 2.24) is 0 Å². The van der Waals surface area contributed by atoms with Crippen LogP contribution in [-0.4, -0.2) is 18.2 Å². The summed E-state index contributed by atoms with van der Waals surface area (Å²) in [6, 6.07) is 2.19. The summed E-state index contributed by atoms with van der Waals surface area (Å²) in [5, 5.41) is 8.94. The number of hydrogen-bond acceptors (Lipinski definition) is 3. The molecule has 0 aliphatic heterocycles. The SMILES string of the molecule is CCCCCCC(C)OCCCC(N)(C#N)CC. The molecule has 2 N–H and O–H groups in total. The Bertz CT molecular complexity index is 237. The average molecular weight is 254 g/mol. The van der Waals surface area contributed by atoms with Crippen molar-refractivity contribution >= 4 is 0 Å². The molecule has 0 heterocycles. The molecule has 0 aromatic rings. The van der Waals surface area contributed by atoms with Crippen LogP contribution in [0.1, 0.15) is 72.1 Å². The standard InChI is InChI=1S/C15H30N2O/c1-4-6-7-8-10-14(3)18-12-9-11-15(17,5-2)13-16/h14H,4-12,17H2,1-3H3. The minimum absolute atomic E-state index is 0.331. The van der Waals surface area contributed by atoms with E-state index in [9.17, 15) is 0 Å². The Morgan fingerprint density at radius 3 is 2.50 bits per heavy atom. The van der Waals surface area contributed by atoms with Crippen LogP contribution >= 0.6 is 0 Å². The lowest BCUT2D eigenvalue weighted by molar-refractivity contribution is 0.0541. The van der Waals surface area contributed by atoms with Gasteiger partial charge in [0.1, 0.15) is 5.54 Å². The van der Waals surface area contributed by atoms with Gasteiger partial charge >= 0.3 is 0 Å². The third-order valence-electron chi connectivity index (χ3n) is 3.49. The molecule has 106 valence electrons. The highest BCUT2D eigenvalue weighted by atomic mass is 16.5. The molecule has 2 atom stereocenters. The number of nitriles is 1. The number of rotatable bonds is 11. The number of ether oxygens (including phenoxy) is 1. The zero-order valence-electron chi connectivity index (χ0n) is 12.4. The first-order valence-corrected chi connectivity index (χ1v) is 7.39. The van der Waals surface area contributed by atoms with Crippen molar-refractivity contribution < 1.29 is 4.74 Å². The van der Waals surface area contributed by atoms with Crippen LogP contribution in [-0.2, 0) is 4.74 Å². The van der Waals surface area contributed by atoms with E-state index in [2.05, 4.69) is 19.9 Å². The van der Waals surface area contributed by atoms with E-state index in [1.165, 1.54) is 25.7 Å². The van der Waals surface area contributed by atoms with E-state index >= 15 is 0 Å². The van der Waals surface area contributed by atoms with Gasteiger partial charge < -0.3 is 10.5 Å². The van der Waals surface area contributed by atoms with E-state index in [0.717, 1.165) is 25.9 Å². The molecule has 0 amide bonds. The van der Waals surface area contributed by atoms with Gasteiger partial charge in [-0.25, -0.2) is 0 Å². The lowest BCUT2D eigenvalue weighted by atomic mass is 9.94. The van der Waals surface area contributed by atoms with Crippen LogP contribution in [0.15, 0.2) is 0 Å². The fourth-order valence-corrected chi connectivity index (χ4v) is 1.93. The Balaban J connectivity index is 3.51. The second-order valence-electron chi connectivity index (χ2n) is 5.26. The van der Waals surface area contributed by atoms with Crippen molar-refractivity contribution in [3.63, 3.8) is 0 Å². The highest BCUT2D eigenvalue weighted by Gasteiger charge is 2.21. The summed E-state index contributed by atoms with van der Waals surface area (Å²) in [6.45, 7) is 7.03. The number of unbranched alkanes of at least 4 members (excludes halogenated alkanes) is 3. The molecule has 0 aromatic heterocycles. The summed E-state index contributed by atoms with van der Waals surface area (Å²) in [7, 11) is 0. The van der Waals surface area contributed by atoms with E-state index in [-0.39, 0.29) is 0 Å². The van der Waals surface area contributed by atoms with Gasteiger partial charge in [0.25, 0.3) is 0 Å². The second-order valence-corrected chi connectivity index (χ2v) is 5.26. The maximum Gasteiger partial charge on any atom is 0.104 e. The zero-order chi connectivity index (χ0) is 13.9. The van der Waals surface area contributed by atoms with E-state index < -0.39 is 5.54 Å². The van der Waals surface area contributed by atoms with Gasteiger partial charge in [-0.1, -0.05) is 39.5 Å². The largest absolute Gasteiger partial charge is 0.379 e. The minimum atomic E-state index is -0.659.